The Balaban J connectivity index is 1.30. The van der Waals surface area contributed by atoms with Crippen molar-refractivity contribution >= 4 is 34.7 Å². The molecule has 0 aliphatic heterocycles. The number of aliphatic imine (C=N–C) groups is 1. The minimum atomic E-state index is 0.0177. The highest BCUT2D eigenvalue weighted by Crippen LogP contribution is 2.27. The molecule has 0 saturated heterocycles. The number of nitrogens with zero attached hydrogens (tertiary/aromatic N) is 5. The number of ketones is 1. The zero-order chi connectivity index (χ0) is 22.5. The molecular formula is C25H20N6OS. The normalized spacial score (nSPS) is 11.4. The molecule has 0 bridgehead atoms. The van der Waals surface area contributed by atoms with Gasteiger partial charge in [-0.2, -0.15) is 0 Å². The fraction of sp³-hybridized carbons (Fsp3) is 0.0800. The molecule has 33 heavy (non-hydrogen) atoms. The maximum atomic E-state index is 12.5. The van der Waals surface area contributed by atoms with Crippen LogP contribution in [-0.4, -0.2) is 49.0 Å². The molecule has 3 aromatic heterocycles. The number of aromatic amines is 1. The van der Waals surface area contributed by atoms with Gasteiger partial charge in [0.15, 0.2) is 16.8 Å². The van der Waals surface area contributed by atoms with E-state index < -0.39 is 0 Å². The lowest BCUT2D eigenvalue weighted by Crippen LogP contribution is -2.07. The number of rotatable bonds is 8. The second kappa shape index (κ2) is 9.62. The highest BCUT2D eigenvalue weighted by Gasteiger charge is 2.17. The molecular weight excluding hydrogens is 432 g/mol. The first kappa shape index (κ1) is 20.8. The average Bonchev–Trinajstić information content (AvgIpc) is 3.48. The summed E-state index contributed by atoms with van der Waals surface area (Å²) in [5, 5.41) is 10.5. The Hall–Kier alpha value is -4.04. The molecule has 1 N–H and O–H groups in total. The number of Topliss-reactive ketones (excluding diaryl/α,β-unsaturated/α-hetero) is 1. The van der Waals surface area contributed by atoms with E-state index in [1.165, 1.54) is 11.8 Å². The summed E-state index contributed by atoms with van der Waals surface area (Å²) in [5.41, 5.74) is 3.85. The maximum absolute atomic E-state index is 12.5. The molecule has 0 unspecified atom stereocenters. The second-order valence-electron chi connectivity index (χ2n) is 7.30. The average molecular weight is 453 g/mol. The molecule has 3 heterocycles. The number of carbonyl (C=O) groups is 1. The molecule has 0 aliphatic rings. The van der Waals surface area contributed by atoms with Crippen LogP contribution in [0.25, 0.3) is 28.0 Å². The van der Waals surface area contributed by atoms with Crippen LogP contribution < -0.4 is 0 Å². The number of carbonyl (C=O) groups excluding carboxylic acids is 1. The number of aromatic nitrogens is 5. The number of hydrogen-bond donors (Lipinski definition) is 1. The monoisotopic (exact) mass is 452 g/mol. The first-order valence-corrected chi connectivity index (χ1v) is 11.4. The Kier molecular flexibility index (Phi) is 6.08. The molecule has 0 saturated carbocycles. The molecule has 7 nitrogen and oxygen atoms in total. The fourth-order valence-corrected chi connectivity index (χ4v) is 4.30. The van der Waals surface area contributed by atoms with Crippen LogP contribution in [-0.2, 0) is 4.79 Å². The third-order valence-corrected chi connectivity index (χ3v) is 6.06. The van der Waals surface area contributed by atoms with Crippen molar-refractivity contribution in [2.75, 3.05) is 12.3 Å². The van der Waals surface area contributed by atoms with Crippen LogP contribution in [0.1, 0.15) is 5.56 Å². The number of hydrogen-bond acceptors (Lipinski definition) is 6. The minimum Gasteiger partial charge on any atom is -0.361 e. The van der Waals surface area contributed by atoms with Gasteiger partial charge in [-0.05, 0) is 30.3 Å². The molecule has 8 heteroatoms. The predicted molar refractivity (Wildman–Crippen MR) is 131 cm³/mol. The van der Waals surface area contributed by atoms with Gasteiger partial charge in [0.25, 0.3) is 0 Å². The van der Waals surface area contributed by atoms with Gasteiger partial charge >= 0.3 is 0 Å². The number of fused-ring (bicyclic) bond motifs is 1. The molecule has 0 fully saturated rings. The predicted octanol–water partition coefficient (Wildman–Crippen LogP) is 4.59. The number of H-pyrrole nitrogens is 1. The van der Waals surface area contributed by atoms with E-state index in [4.69, 9.17) is 0 Å². The van der Waals surface area contributed by atoms with Crippen molar-refractivity contribution in [3.63, 3.8) is 0 Å². The number of para-hydroxylation sites is 2. The van der Waals surface area contributed by atoms with Crippen molar-refractivity contribution in [2.24, 2.45) is 4.99 Å². The van der Waals surface area contributed by atoms with E-state index in [2.05, 4.69) is 25.2 Å². The first-order valence-electron chi connectivity index (χ1n) is 10.4. The van der Waals surface area contributed by atoms with Gasteiger partial charge in [-0.3, -0.25) is 19.3 Å². The number of thioether (sulfide) groups is 1. The molecule has 0 amide bonds. The lowest BCUT2D eigenvalue weighted by atomic mass is 10.2. The van der Waals surface area contributed by atoms with Crippen molar-refractivity contribution in [1.82, 2.24) is 24.7 Å². The zero-order valence-corrected chi connectivity index (χ0v) is 18.4. The summed E-state index contributed by atoms with van der Waals surface area (Å²) in [5.74, 6) is 0.979. The fourth-order valence-electron chi connectivity index (χ4n) is 3.50. The topological polar surface area (TPSA) is 88.8 Å². The van der Waals surface area contributed by atoms with Crippen molar-refractivity contribution in [3.8, 4) is 17.1 Å². The van der Waals surface area contributed by atoms with Gasteiger partial charge in [0, 0.05) is 52.5 Å². The second-order valence-corrected chi connectivity index (χ2v) is 8.24. The van der Waals surface area contributed by atoms with Crippen LogP contribution in [0, 0.1) is 0 Å². The number of nitrogens with one attached hydrogen (secondary N) is 1. The van der Waals surface area contributed by atoms with Gasteiger partial charge in [-0.1, -0.05) is 48.2 Å². The van der Waals surface area contributed by atoms with Crippen molar-refractivity contribution in [3.05, 3.63) is 90.9 Å². The van der Waals surface area contributed by atoms with Crippen LogP contribution in [0.5, 0.6) is 0 Å². The highest BCUT2D eigenvalue weighted by molar-refractivity contribution is 7.99. The summed E-state index contributed by atoms with van der Waals surface area (Å²) in [4.78, 5) is 24.2. The third-order valence-electron chi connectivity index (χ3n) is 5.07. The maximum Gasteiger partial charge on any atom is 0.196 e. The van der Waals surface area contributed by atoms with Gasteiger partial charge in [0.05, 0.1) is 12.3 Å². The molecule has 0 atom stereocenters. The van der Waals surface area contributed by atoms with E-state index >= 15 is 0 Å². The van der Waals surface area contributed by atoms with Crippen LogP contribution in [0.4, 0.5) is 0 Å². The van der Waals surface area contributed by atoms with Crippen LogP contribution in [0.15, 0.2) is 95.5 Å². The largest absolute Gasteiger partial charge is 0.361 e. The van der Waals surface area contributed by atoms with Crippen LogP contribution >= 0.6 is 11.8 Å². The molecule has 2 aromatic carbocycles. The summed E-state index contributed by atoms with van der Waals surface area (Å²) in [7, 11) is 0. The van der Waals surface area contributed by atoms with Gasteiger partial charge in [0.1, 0.15) is 0 Å². The summed E-state index contributed by atoms with van der Waals surface area (Å²) in [6.07, 6.45) is 7.09. The Labute approximate surface area is 194 Å². The molecule has 0 aliphatic carbocycles. The van der Waals surface area contributed by atoms with Crippen LogP contribution in [0.2, 0.25) is 0 Å². The molecule has 5 aromatic rings. The van der Waals surface area contributed by atoms with Crippen LogP contribution in [0.3, 0.4) is 0 Å². The van der Waals surface area contributed by atoms with Gasteiger partial charge in [-0.15, -0.1) is 10.2 Å². The quantitative estimate of drug-likeness (QED) is 0.275. The molecule has 5 rings (SSSR count). The number of pyridine rings is 1. The summed E-state index contributed by atoms with van der Waals surface area (Å²) >= 11 is 1.36. The zero-order valence-electron chi connectivity index (χ0n) is 17.6. The van der Waals surface area contributed by atoms with E-state index in [-0.39, 0.29) is 18.1 Å². The minimum absolute atomic E-state index is 0.0177. The summed E-state index contributed by atoms with van der Waals surface area (Å²) < 4.78 is 1.96. The highest BCUT2D eigenvalue weighted by atomic mass is 32.2. The van der Waals surface area contributed by atoms with Gasteiger partial charge < -0.3 is 4.98 Å². The van der Waals surface area contributed by atoms with E-state index in [0.29, 0.717) is 11.0 Å². The summed E-state index contributed by atoms with van der Waals surface area (Å²) in [6, 6.07) is 21.7. The Morgan fingerprint density at radius 3 is 2.64 bits per heavy atom. The Morgan fingerprint density at radius 2 is 1.79 bits per heavy atom. The van der Waals surface area contributed by atoms with Crippen molar-refractivity contribution in [1.29, 1.82) is 0 Å². The first-order chi connectivity index (χ1) is 16.3. The SMILES string of the molecule is O=C(CN=Cc1c[nH]c2ccccc12)CSc1nnc(-c2ccncc2)n1-c1ccccc1. The molecule has 0 radical (unpaired) electrons. The van der Waals surface area contributed by atoms with Crippen molar-refractivity contribution in [2.45, 2.75) is 5.16 Å². The molecule has 162 valence electrons. The summed E-state index contributed by atoms with van der Waals surface area (Å²) in [6.45, 7) is 0.114. The smallest absolute Gasteiger partial charge is 0.196 e. The standard InChI is InChI=1S/C25H20N6OS/c32-21(16-27-14-19-15-28-23-9-5-4-8-22(19)23)17-33-25-30-29-24(18-10-12-26-13-11-18)31(25)20-6-2-1-3-7-20/h1-15,28H,16-17H2. The van der Waals surface area contributed by atoms with E-state index in [9.17, 15) is 4.79 Å². The third kappa shape index (κ3) is 4.61. The van der Waals surface area contributed by atoms with E-state index in [0.717, 1.165) is 27.7 Å². The van der Waals surface area contributed by atoms with E-state index in [1.807, 2.05) is 77.5 Å². The van der Waals surface area contributed by atoms with Crippen molar-refractivity contribution < 1.29 is 4.79 Å². The Bertz CT molecular complexity index is 1410. The van der Waals surface area contributed by atoms with E-state index in [1.54, 1.807) is 18.6 Å². The number of benzene rings is 2. The lowest BCUT2D eigenvalue weighted by molar-refractivity contribution is -0.115. The van der Waals surface area contributed by atoms with Gasteiger partial charge in [0.2, 0.25) is 0 Å². The molecule has 0 spiro atoms. The van der Waals surface area contributed by atoms with Gasteiger partial charge in [-0.25, -0.2) is 0 Å². The Morgan fingerprint density at radius 1 is 1.00 bits per heavy atom. The lowest BCUT2D eigenvalue weighted by Gasteiger charge is -2.09.